The molecule has 0 amide bonds. The molecule has 3 rings (SSSR count). The number of methoxy groups -OCH3 is 1. The van der Waals surface area contributed by atoms with Gasteiger partial charge in [-0.1, -0.05) is 30.3 Å². The lowest BCUT2D eigenvalue weighted by Crippen LogP contribution is -2.13. The Hall–Kier alpha value is -2.73. The maximum absolute atomic E-state index is 13.5. The summed E-state index contributed by atoms with van der Waals surface area (Å²) in [4.78, 5) is 0. The van der Waals surface area contributed by atoms with Crippen LogP contribution in [0, 0.1) is 5.82 Å². The van der Waals surface area contributed by atoms with Gasteiger partial charge in [-0.05, 0) is 18.2 Å². The first-order valence-corrected chi connectivity index (χ1v) is 7.18. The van der Waals surface area contributed by atoms with E-state index in [-0.39, 0.29) is 5.82 Å². The summed E-state index contributed by atoms with van der Waals surface area (Å²) in [6.45, 7) is 0.746. The maximum atomic E-state index is 13.5. The third-order valence-electron chi connectivity index (χ3n) is 3.35. The van der Waals surface area contributed by atoms with Crippen molar-refractivity contribution in [2.75, 3.05) is 7.11 Å². The van der Waals surface area contributed by atoms with Crippen molar-refractivity contribution >= 4 is 0 Å². The molecule has 6 heteroatoms. The van der Waals surface area contributed by atoms with Crippen molar-refractivity contribution in [1.82, 2.24) is 15.5 Å². The zero-order valence-electron chi connectivity index (χ0n) is 12.6. The number of aromatic nitrogens is 2. The Labute approximate surface area is 133 Å². The van der Waals surface area contributed by atoms with E-state index >= 15 is 0 Å². The van der Waals surface area contributed by atoms with Gasteiger partial charge < -0.3 is 14.5 Å². The predicted octanol–water partition coefficient (Wildman–Crippen LogP) is 3.17. The van der Waals surface area contributed by atoms with Gasteiger partial charge in [0.2, 0.25) is 5.89 Å². The monoisotopic (exact) mass is 313 g/mol. The van der Waals surface area contributed by atoms with Gasteiger partial charge in [0.1, 0.15) is 11.6 Å². The Kier molecular flexibility index (Phi) is 4.63. The molecule has 118 valence electrons. The average Bonchev–Trinajstić information content (AvgIpc) is 3.05. The molecule has 2 aromatic carbocycles. The maximum Gasteiger partial charge on any atom is 0.251 e. The van der Waals surface area contributed by atoms with Crippen LogP contribution in [0.4, 0.5) is 4.39 Å². The molecule has 0 fully saturated rings. The summed E-state index contributed by atoms with van der Waals surface area (Å²) in [5.41, 5.74) is 1.33. The minimum Gasteiger partial charge on any atom is -0.496 e. The van der Waals surface area contributed by atoms with Gasteiger partial charge >= 0.3 is 0 Å². The molecule has 5 nitrogen and oxygen atoms in total. The zero-order chi connectivity index (χ0) is 16.1. The largest absolute Gasteiger partial charge is 0.496 e. The van der Waals surface area contributed by atoms with Crippen LogP contribution in [0.2, 0.25) is 0 Å². The fourth-order valence-corrected chi connectivity index (χ4v) is 2.20. The average molecular weight is 313 g/mol. The Balaban J connectivity index is 1.65. The number of hydrogen-bond donors (Lipinski definition) is 1. The summed E-state index contributed by atoms with van der Waals surface area (Å²) in [5.74, 6) is 1.26. The molecule has 0 unspecified atom stereocenters. The SMILES string of the molecule is COc1ccccc1-c1nnc(CNCc2ccccc2F)o1. The molecule has 0 atom stereocenters. The number of hydrogen-bond acceptors (Lipinski definition) is 5. The molecule has 0 aliphatic carbocycles. The molecule has 0 aliphatic rings. The quantitative estimate of drug-likeness (QED) is 0.757. The minimum absolute atomic E-state index is 0.236. The Bertz CT molecular complexity index is 789. The number of ether oxygens (including phenoxy) is 1. The van der Waals surface area contributed by atoms with Gasteiger partial charge in [-0.15, -0.1) is 10.2 Å². The van der Waals surface area contributed by atoms with Crippen molar-refractivity contribution in [3.8, 4) is 17.2 Å². The van der Waals surface area contributed by atoms with Crippen LogP contribution >= 0.6 is 0 Å². The molecule has 0 saturated carbocycles. The van der Waals surface area contributed by atoms with E-state index in [2.05, 4.69) is 15.5 Å². The fraction of sp³-hybridized carbons (Fsp3) is 0.176. The lowest BCUT2D eigenvalue weighted by atomic mass is 10.2. The van der Waals surface area contributed by atoms with Crippen LogP contribution in [0.3, 0.4) is 0 Å². The Morgan fingerprint density at radius 1 is 1.04 bits per heavy atom. The van der Waals surface area contributed by atoms with E-state index in [1.54, 1.807) is 25.3 Å². The zero-order valence-corrected chi connectivity index (χ0v) is 12.6. The van der Waals surface area contributed by atoms with Gasteiger partial charge in [-0.2, -0.15) is 0 Å². The van der Waals surface area contributed by atoms with E-state index < -0.39 is 0 Å². The van der Waals surface area contributed by atoms with E-state index in [1.807, 2.05) is 24.3 Å². The molecule has 1 heterocycles. The summed E-state index contributed by atoms with van der Waals surface area (Å²) in [7, 11) is 1.59. The summed E-state index contributed by atoms with van der Waals surface area (Å²) < 4.78 is 24.4. The second-order valence-electron chi connectivity index (χ2n) is 4.90. The van der Waals surface area contributed by atoms with Gasteiger partial charge in [-0.25, -0.2) is 4.39 Å². The summed E-state index contributed by atoms with van der Waals surface area (Å²) in [5, 5.41) is 11.1. The summed E-state index contributed by atoms with van der Waals surface area (Å²) in [6, 6.07) is 14.1. The molecular weight excluding hydrogens is 297 g/mol. The lowest BCUT2D eigenvalue weighted by molar-refractivity contribution is 0.412. The molecule has 23 heavy (non-hydrogen) atoms. The van der Waals surface area contributed by atoms with Gasteiger partial charge in [0.15, 0.2) is 0 Å². The first-order valence-electron chi connectivity index (χ1n) is 7.18. The smallest absolute Gasteiger partial charge is 0.251 e. The summed E-state index contributed by atoms with van der Waals surface area (Å²) in [6.07, 6.45) is 0. The molecule has 1 aromatic heterocycles. The number of para-hydroxylation sites is 1. The normalized spacial score (nSPS) is 10.7. The number of halogens is 1. The molecule has 1 N–H and O–H groups in total. The highest BCUT2D eigenvalue weighted by atomic mass is 19.1. The van der Waals surface area contributed by atoms with Crippen molar-refractivity contribution in [1.29, 1.82) is 0 Å². The van der Waals surface area contributed by atoms with Crippen LogP contribution in [0.25, 0.3) is 11.5 Å². The number of benzene rings is 2. The van der Waals surface area contributed by atoms with Crippen molar-refractivity contribution in [3.05, 3.63) is 65.8 Å². The standard InChI is InChI=1S/C17H16FN3O2/c1-22-15-9-5-3-7-13(15)17-21-20-16(23-17)11-19-10-12-6-2-4-8-14(12)18/h2-9,19H,10-11H2,1H3. The second-order valence-corrected chi connectivity index (χ2v) is 4.90. The number of nitrogens with one attached hydrogen (secondary N) is 1. The Morgan fingerprint density at radius 2 is 1.83 bits per heavy atom. The lowest BCUT2D eigenvalue weighted by Gasteiger charge is -2.04. The second kappa shape index (κ2) is 7.02. The fourth-order valence-electron chi connectivity index (χ4n) is 2.20. The van der Waals surface area contributed by atoms with Crippen molar-refractivity contribution in [2.45, 2.75) is 13.1 Å². The highest BCUT2D eigenvalue weighted by molar-refractivity contribution is 5.62. The van der Waals surface area contributed by atoms with E-state index in [1.165, 1.54) is 6.07 Å². The van der Waals surface area contributed by atoms with Gasteiger partial charge in [0.05, 0.1) is 19.2 Å². The summed E-state index contributed by atoms with van der Waals surface area (Å²) >= 11 is 0. The predicted molar refractivity (Wildman–Crippen MR) is 83.2 cm³/mol. The molecular formula is C17H16FN3O2. The third kappa shape index (κ3) is 3.54. The van der Waals surface area contributed by atoms with E-state index in [9.17, 15) is 4.39 Å². The van der Waals surface area contributed by atoms with Crippen LogP contribution in [0.5, 0.6) is 5.75 Å². The van der Waals surface area contributed by atoms with Crippen LogP contribution in [-0.2, 0) is 13.1 Å². The highest BCUT2D eigenvalue weighted by Crippen LogP contribution is 2.28. The van der Waals surface area contributed by atoms with Crippen molar-refractivity contribution < 1.29 is 13.5 Å². The van der Waals surface area contributed by atoms with E-state index in [0.717, 1.165) is 5.56 Å². The first kappa shape index (κ1) is 15.2. The van der Waals surface area contributed by atoms with Crippen LogP contribution in [0.15, 0.2) is 52.9 Å². The minimum atomic E-state index is -0.236. The van der Waals surface area contributed by atoms with E-state index in [0.29, 0.717) is 36.2 Å². The molecule has 0 saturated heterocycles. The van der Waals surface area contributed by atoms with Crippen LogP contribution in [-0.4, -0.2) is 17.3 Å². The molecule has 0 radical (unpaired) electrons. The van der Waals surface area contributed by atoms with Gasteiger partial charge in [0.25, 0.3) is 5.89 Å². The highest BCUT2D eigenvalue weighted by Gasteiger charge is 2.12. The van der Waals surface area contributed by atoms with Crippen molar-refractivity contribution in [2.24, 2.45) is 0 Å². The molecule has 0 spiro atoms. The van der Waals surface area contributed by atoms with Crippen LogP contribution in [0.1, 0.15) is 11.5 Å². The number of rotatable bonds is 6. The molecule has 0 aliphatic heterocycles. The Morgan fingerprint density at radius 3 is 2.65 bits per heavy atom. The molecule has 3 aromatic rings. The third-order valence-corrected chi connectivity index (χ3v) is 3.35. The van der Waals surface area contributed by atoms with Crippen molar-refractivity contribution in [3.63, 3.8) is 0 Å². The van der Waals surface area contributed by atoms with E-state index in [4.69, 9.17) is 9.15 Å². The molecule has 0 bridgehead atoms. The van der Waals surface area contributed by atoms with Gasteiger partial charge in [0, 0.05) is 12.1 Å². The van der Waals surface area contributed by atoms with Gasteiger partial charge in [-0.3, -0.25) is 0 Å². The topological polar surface area (TPSA) is 60.2 Å². The van der Waals surface area contributed by atoms with Crippen LogP contribution < -0.4 is 10.1 Å². The number of nitrogens with zero attached hydrogens (tertiary/aromatic N) is 2. The first-order chi connectivity index (χ1) is 11.3.